The Morgan fingerprint density at radius 1 is 0.935 bits per heavy atom. The van der Waals surface area contributed by atoms with Crippen molar-refractivity contribution < 1.29 is 28.7 Å². The summed E-state index contributed by atoms with van der Waals surface area (Å²) in [6.07, 6.45) is 1.38. The van der Waals surface area contributed by atoms with Gasteiger partial charge in [-0.25, -0.2) is 0 Å². The molecule has 8 heteroatoms. The number of benzene rings is 2. The van der Waals surface area contributed by atoms with Gasteiger partial charge in [-0.3, -0.25) is 24.2 Å². The van der Waals surface area contributed by atoms with Crippen LogP contribution in [0, 0.1) is 0 Å². The van der Waals surface area contributed by atoms with Crippen LogP contribution in [0.5, 0.6) is 5.75 Å². The number of ketones is 1. The zero-order valence-electron chi connectivity index (χ0n) is 16.8. The highest BCUT2D eigenvalue weighted by Crippen LogP contribution is 2.20. The maximum absolute atomic E-state index is 12.2. The normalized spacial score (nSPS) is 10.4. The van der Waals surface area contributed by atoms with Crippen molar-refractivity contribution in [1.82, 2.24) is 4.98 Å². The predicted molar refractivity (Wildman–Crippen MR) is 113 cm³/mol. The number of rotatable bonds is 8. The van der Waals surface area contributed by atoms with Crippen LogP contribution in [0.3, 0.4) is 0 Å². The monoisotopic (exact) mass is 420 g/mol. The number of carbonyl (C=O) groups is 4. The van der Waals surface area contributed by atoms with Crippen LogP contribution in [0.4, 0.5) is 5.69 Å². The smallest absolute Gasteiger partial charge is 0.308 e. The lowest BCUT2D eigenvalue weighted by atomic mass is 10.1. The highest BCUT2D eigenvalue weighted by molar-refractivity contribution is 6.01. The summed E-state index contributed by atoms with van der Waals surface area (Å²) in [6.45, 7) is 0.832. The molecule has 0 aliphatic carbocycles. The highest BCUT2D eigenvalue weighted by Gasteiger charge is 2.13. The van der Waals surface area contributed by atoms with Gasteiger partial charge in [-0.05, 0) is 36.4 Å². The first-order valence-electron chi connectivity index (χ1n) is 9.53. The van der Waals surface area contributed by atoms with E-state index in [1.807, 2.05) is 12.1 Å². The average Bonchev–Trinajstić information content (AvgIpc) is 2.76. The van der Waals surface area contributed by atoms with Crippen molar-refractivity contribution in [2.45, 2.75) is 19.8 Å². The van der Waals surface area contributed by atoms with Gasteiger partial charge in [-0.2, -0.15) is 0 Å². The summed E-state index contributed by atoms with van der Waals surface area (Å²) < 4.78 is 9.85. The third-order valence-corrected chi connectivity index (χ3v) is 4.27. The second-order valence-corrected chi connectivity index (χ2v) is 6.63. The maximum atomic E-state index is 12.2. The lowest BCUT2D eigenvalue weighted by molar-refractivity contribution is -0.143. The van der Waals surface area contributed by atoms with E-state index in [4.69, 9.17) is 9.47 Å². The molecule has 0 radical (unpaired) electrons. The fraction of sp³-hybridized carbons (Fsp3) is 0.174. The first kappa shape index (κ1) is 21.6. The zero-order chi connectivity index (χ0) is 22.2. The van der Waals surface area contributed by atoms with Crippen LogP contribution in [-0.2, 0) is 19.1 Å². The molecule has 0 bridgehead atoms. The Labute approximate surface area is 178 Å². The SMILES string of the molecule is CC(=O)Oc1ccc(C(=O)COC(=O)CCC(=O)Nc2cccc3cccnc23)cc1. The Morgan fingerprint density at radius 2 is 1.68 bits per heavy atom. The molecule has 3 rings (SSSR count). The van der Waals surface area contributed by atoms with Crippen LogP contribution in [0.25, 0.3) is 10.9 Å². The number of pyridine rings is 1. The molecule has 1 N–H and O–H groups in total. The second kappa shape index (κ2) is 10.1. The molecule has 0 aliphatic heterocycles. The fourth-order valence-corrected chi connectivity index (χ4v) is 2.81. The molecule has 0 unspecified atom stereocenters. The van der Waals surface area contributed by atoms with Gasteiger partial charge in [0.2, 0.25) is 5.91 Å². The predicted octanol–water partition coefficient (Wildman–Crippen LogP) is 3.30. The van der Waals surface area contributed by atoms with Gasteiger partial charge in [0.25, 0.3) is 0 Å². The Kier molecular flexibility index (Phi) is 7.05. The minimum absolute atomic E-state index is 0.0900. The van der Waals surface area contributed by atoms with Crippen LogP contribution in [0.2, 0.25) is 0 Å². The van der Waals surface area contributed by atoms with E-state index in [-0.39, 0.29) is 18.7 Å². The van der Waals surface area contributed by atoms with Gasteiger partial charge < -0.3 is 14.8 Å². The largest absolute Gasteiger partial charge is 0.457 e. The van der Waals surface area contributed by atoms with Crippen LogP contribution in [0.15, 0.2) is 60.8 Å². The number of ether oxygens (including phenoxy) is 2. The number of para-hydroxylation sites is 1. The van der Waals surface area contributed by atoms with Gasteiger partial charge in [0.15, 0.2) is 12.4 Å². The molecule has 1 heterocycles. The van der Waals surface area contributed by atoms with E-state index in [9.17, 15) is 19.2 Å². The molecule has 0 atom stereocenters. The third kappa shape index (κ3) is 6.20. The van der Waals surface area contributed by atoms with E-state index >= 15 is 0 Å². The fourth-order valence-electron chi connectivity index (χ4n) is 2.81. The molecule has 0 spiro atoms. The topological polar surface area (TPSA) is 112 Å². The van der Waals surface area contributed by atoms with Crippen LogP contribution >= 0.6 is 0 Å². The number of aromatic nitrogens is 1. The van der Waals surface area contributed by atoms with Gasteiger partial charge in [0, 0.05) is 30.5 Å². The summed E-state index contributed by atoms with van der Waals surface area (Å²) in [5.74, 6) is -1.57. The number of fused-ring (bicyclic) bond motifs is 1. The number of esters is 2. The van der Waals surface area contributed by atoms with E-state index in [0.29, 0.717) is 22.5 Å². The molecule has 1 aromatic heterocycles. The Balaban J connectivity index is 1.45. The lowest BCUT2D eigenvalue weighted by Gasteiger charge is -2.08. The Hall–Kier alpha value is -4.07. The highest BCUT2D eigenvalue weighted by atomic mass is 16.5. The van der Waals surface area contributed by atoms with Crippen molar-refractivity contribution in [3.63, 3.8) is 0 Å². The Bertz CT molecular complexity index is 1120. The molecular formula is C23H20N2O6. The number of anilines is 1. The molecule has 2 aromatic carbocycles. The first-order chi connectivity index (χ1) is 14.9. The second-order valence-electron chi connectivity index (χ2n) is 6.63. The summed E-state index contributed by atoms with van der Waals surface area (Å²) in [6, 6.07) is 15.0. The number of hydrogen-bond acceptors (Lipinski definition) is 7. The molecule has 0 saturated carbocycles. The summed E-state index contributed by atoms with van der Waals surface area (Å²) >= 11 is 0. The summed E-state index contributed by atoms with van der Waals surface area (Å²) in [5.41, 5.74) is 1.53. The summed E-state index contributed by atoms with van der Waals surface area (Å²) in [5, 5.41) is 3.63. The molecule has 158 valence electrons. The van der Waals surface area contributed by atoms with Crippen molar-refractivity contribution in [2.24, 2.45) is 0 Å². The standard InChI is InChI=1S/C23H20N2O6/c1-15(26)31-18-9-7-16(8-10-18)20(27)14-30-22(29)12-11-21(28)25-19-6-2-4-17-5-3-13-24-23(17)19/h2-10,13H,11-12,14H2,1H3,(H,25,28). The number of Topliss-reactive ketones (excluding diaryl/α,β-unsaturated/α-hetero) is 1. The van der Waals surface area contributed by atoms with Gasteiger partial charge >= 0.3 is 11.9 Å². The van der Waals surface area contributed by atoms with Crippen molar-refractivity contribution in [3.05, 3.63) is 66.4 Å². The van der Waals surface area contributed by atoms with Crippen LogP contribution < -0.4 is 10.1 Å². The minimum Gasteiger partial charge on any atom is -0.457 e. The van der Waals surface area contributed by atoms with E-state index in [1.165, 1.54) is 31.2 Å². The molecular weight excluding hydrogens is 400 g/mol. The molecule has 0 fully saturated rings. The first-order valence-corrected chi connectivity index (χ1v) is 9.53. The number of nitrogens with one attached hydrogen (secondary N) is 1. The van der Waals surface area contributed by atoms with Gasteiger partial charge in [-0.15, -0.1) is 0 Å². The molecule has 1 amide bonds. The minimum atomic E-state index is -0.656. The van der Waals surface area contributed by atoms with Crippen molar-refractivity contribution in [2.75, 3.05) is 11.9 Å². The zero-order valence-corrected chi connectivity index (χ0v) is 16.8. The van der Waals surface area contributed by atoms with E-state index in [0.717, 1.165) is 5.39 Å². The third-order valence-electron chi connectivity index (χ3n) is 4.27. The molecule has 0 aliphatic rings. The maximum Gasteiger partial charge on any atom is 0.308 e. The van der Waals surface area contributed by atoms with Crippen molar-refractivity contribution in [3.8, 4) is 5.75 Å². The van der Waals surface area contributed by atoms with Crippen molar-refractivity contribution >= 4 is 40.2 Å². The van der Waals surface area contributed by atoms with Crippen molar-refractivity contribution in [1.29, 1.82) is 0 Å². The number of nitrogens with zero attached hydrogens (tertiary/aromatic N) is 1. The molecule has 0 saturated heterocycles. The summed E-state index contributed by atoms with van der Waals surface area (Å²) in [7, 11) is 0. The van der Waals surface area contributed by atoms with E-state index in [1.54, 1.807) is 24.4 Å². The molecule has 31 heavy (non-hydrogen) atoms. The Morgan fingerprint density at radius 3 is 2.42 bits per heavy atom. The van der Waals surface area contributed by atoms with E-state index < -0.39 is 24.3 Å². The number of amides is 1. The average molecular weight is 420 g/mol. The number of hydrogen-bond donors (Lipinski definition) is 1. The van der Waals surface area contributed by atoms with Gasteiger partial charge in [0.1, 0.15) is 5.75 Å². The lowest BCUT2D eigenvalue weighted by Crippen LogP contribution is -2.17. The van der Waals surface area contributed by atoms with Crippen LogP contribution in [-0.4, -0.2) is 35.2 Å². The quantitative estimate of drug-likeness (QED) is 0.338. The van der Waals surface area contributed by atoms with Gasteiger partial charge in [0.05, 0.1) is 17.6 Å². The molecule has 3 aromatic rings. The van der Waals surface area contributed by atoms with Gasteiger partial charge in [-0.1, -0.05) is 18.2 Å². The molecule has 8 nitrogen and oxygen atoms in total. The summed E-state index contributed by atoms with van der Waals surface area (Å²) in [4.78, 5) is 51.4. The number of carbonyl (C=O) groups excluding carboxylic acids is 4. The van der Waals surface area contributed by atoms with Crippen LogP contribution in [0.1, 0.15) is 30.1 Å². The van der Waals surface area contributed by atoms with E-state index in [2.05, 4.69) is 10.3 Å².